The van der Waals surface area contributed by atoms with E-state index in [1.54, 1.807) is 0 Å². The summed E-state index contributed by atoms with van der Waals surface area (Å²) in [6, 6.07) is -0.175. The van der Waals surface area contributed by atoms with Crippen LogP contribution in [0.5, 0.6) is 0 Å². The molecule has 2 amide bonds. The molecule has 5 nitrogen and oxygen atoms in total. The molecule has 1 unspecified atom stereocenters. The van der Waals surface area contributed by atoms with Crippen molar-refractivity contribution >= 4 is 12.0 Å². The van der Waals surface area contributed by atoms with Gasteiger partial charge in [-0.05, 0) is 33.3 Å². The molecule has 0 aliphatic heterocycles. The van der Waals surface area contributed by atoms with Crippen molar-refractivity contribution in [1.29, 1.82) is 0 Å². The van der Waals surface area contributed by atoms with E-state index in [1.165, 1.54) is 6.08 Å². The van der Waals surface area contributed by atoms with Crippen molar-refractivity contribution in [3.8, 4) is 0 Å². The number of carbonyl (C=O) groups is 2. The first kappa shape index (κ1) is 16.5. The van der Waals surface area contributed by atoms with E-state index in [1.807, 2.05) is 27.7 Å². The van der Waals surface area contributed by atoms with Crippen LogP contribution in [0.4, 0.5) is 4.79 Å². The van der Waals surface area contributed by atoms with Crippen molar-refractivity contribution in [3.05, 3.63) is 12.7 Å². The molecule has 18 heavy (non-hydrogen) atoms. The van der Waals surface area contributed by atoms with E-state index >= 15 is 0 Å². The minimum Gasteiger partial charge on any atom is -0.447 e. The Bertz CT molecular complexity index is 295. The second kappa shape index (κ2) is 7.74. The Kier molecular flexibility index (Phi) is 7.08. The topological polar surface area (TPSA) is 67.4 Å². The van der Waals surface area contributed by atoms with Gasteiger partial charge in [0.2, 0.25) is 5.91 Å². The molecule has 0 saturated heterocycles. The molecule has 0 aliphatic rings. The van der Waals surface area contributed by atoms with Crippen molar-refractivity contribution < 1.29 is 14.3 Å². The van der Waals surface area contributed by atoms with E-state index < -0.39 is 6.09 Å². The molecule has 0 aromatic heterocycles. The largest absolute Gasteiger partial charge is 0.447 e. The van der Waals surface area contributed by atoms with Crippen molar-refractivity contribution in [3.63, 3.8) is 0 Å². The van der Waals surface area contributed by atoms with Crippen LogP contribution in [0, 0.1) is 0 Å². The first-order valence-corrected chi connectivity index (χ1v) is 6.16. The molecule has 1 atom stereocenters. The minimum atomic E-state index is -0.476. The second-order valence-corrected chi connectivity index (χ2v) is 5.17. The highest BCUT2D eigenvalue weighted by Crippen LogP contribution is 2.01. The number of nitrogens with one attached hydrogen (secondary N) is 2. The van der Waals surface area contributed by atoms with Gasteiger partial charge in [0.25, 0.3) is 0 Å². The molecule has 0 aromatic rings. The molecular formula is C13H24N2O3. The van der Waals surface area contributed by atoms with E-state index in [0.29, 0.717) is 0 Å². The molecule has 0 spiro atoms. The van der Waals surface area contributed by atoms with Crippen molar-refractivity contribution in [2.45, 2.75) is 52.1 Å². The summed E-state index contributed by atoms with van der Waals surface area (Å²) in [6.45, 7) is 11.2. The number of amides is 2. The highest BCUT2D eigenvalue weighted by Gasteiger charge is 2.17. The molecule has 2 N–H and O–H groups in total. The zero-order valence-corrected chi connectivity index (χ0v) is 11.7. The van der Waals surface area contributed by atoms with E-state index in [4.69, 9.17) is 4.74 Å². The summed E-state index contributed by atoms with van der Waals surface area (Å²) in [7, 11) is 0. The number of hydrogen-bond donors (Lipinski definition) is 2. The maximum atomic E-state index is 11.5. The van der Waals surface area contributed by atoms with Gasteiger partial charge in [-0.25, -0.2) is 4.79 Å². The SMILES string of the molecule is C=CC(=O)NC(CCC)COC(=O)NC(C)(C)C. The van der Waals surface area contributed by atoms with Crippen LogP contribution >= 0.6 is 0 Å². The van der Waals surface area contributed by atoms with Gasteiger partial charge in [0.1, 0.15) is 6.61 Å². The van der Waals surface area contributed by atoms with Crippen LogP contribution in [0.15, 0.2) is 12.7 Å². The summed E-state index contributed by atoms with van der Waals surface area (Å²) in [6.07, 6.45) is 2.38. The predicted molar refractivity (Wildman–Crippen MR) is 71.3 cm³/mol. The summed E-state index contributed by atoms with van der Waals surface area (Å²) < 4.78 is 5.08. The van der Waals surface area contributed by atoms with Crippen LogP contribution in [0.1, 0.15) is 40.5 Å². The predicted octanol–water partition coefficient (Wildman–Crippen LogP) is 1.98. The number of alkyl carbamates (subject to hydrolysis) is 1. The fraction of sp³-hybridized carbons (Fsp3) is 0.692. The number of rotatable bonds is 6. The summed E-state index contributed by atoms with van der Waals surface area (Å²) in [4.78, 5) is 22.6. The fourth-order valence-electron chi connectivity index (χ4n) is 1.32. The van der Waals surface area contributed by atoms with Gasteiger partial charge in [-0.2, -0.15) is 0 Å². The molecule has 0 heterocycles. The Morgan fingerprint density at radius 1 is 1.39 bits per heavy atom. The quantitative estimate of drug-likeness (QED) is 0.714. The number of hydrogen-bond acceptors (Lipinski definition) is 3. The second-order valence-electron chi connectivity index (χ2n) is 5.17. The Balaban J connectivity index is 4.14. The maximum absolute atomic E-state index is 11.5. The fourth-order valence-corrected chi connectivity index (χ4v) is 1.32. The van der Waals surface area contributed by atoms with E-state index in [9.17, 15) is 9.59 Å². The van der Waals surface area contributed by atoms with Crippen LogP contribution in [0.3, 0.4) is 0 Å². The van der Waals surface area contributed by atoms with Crippen LogP contribution in [0.25, 0.3) is 0 Å². The molecular weight excluding hydrogens is 232 g/mol. The average Bonchev–Trinajstić information content (AvgIpc) is 2.23. The van der Waals surface area contributed by atoms with E-state index in [-0.39, 0.29) is 24.1 Å². The Labute approximate surface area is 109 Å². The summed E-state index contributed by atoms with van der Waals surface area (Å²) in [5.41, 5.74) is -0.332. The van der Waals surface area contributed by atoms with Crippen LogP contribution in [0.2, 0.25) is 0 Å². The Morgan fingerprint density at radius 3 is 2.44 bits per heavy atom. The first-order valence-electron chi connectivity index (χ1n) is 6.16. The smallest absolute Gasteiger partial charge is 0.407 e. The average molecular weight is 256 g/mol. The van der Waals surface area contributed by atoms with Crippen LogP contribution in [-0.2, 0) is 9.53 Å². The lowest BCUT2D eigenvalue weighted by atomic mass is 10.1. The van der Waals surface area contributed by atoms with Gasteiger partial charge in [0.05, 0.1) is 6.04 Å². The molecule has 0 rings (SSSR count). The molecule has 0 bridgehead atoms. The standard InChI is InChI=1S/C13H24N2O3/c1-6-8-10(14-11(16)7-2)9-18-12(17)15-13(3,4)5/h7,10H,2,6,8-9H2,1,3-5H3,(H,14,16)(H,15,17). The monoisotopic (exact) mass is 256 g/mol. The highest BCUT2D eigenvalue weighted by molar-refractivity contribution is 5.87. The van der Waals surface area contributed by atoms with Crippen molar-refractivity contribution in [2.24, 2.45) is 0 Å². The molecule has 0 radical (unpaired) electrons. The first-order chi connectivity index (χ1) is 8.28. The van der Waals surface area contributed by atoms with Gasteiger partial charge < -0.3 is 15.4 Å². The van der Waals surface area contributed by atoms with Gasteiger partial charge in [-0.3, -0.25) is 4.79 Å². The van der Waals surface area contributed by atoms with Crippen LogP contribution in [-0.4, -0.2) is 30.2 Å². The lowest BCUT2D eigenvalue weighted by Crippen LogP contribution is -2.43. The zero-order chi connectivity index (χ0) is 14.2. The van der Waals surface area contributed by atoms with Crippen molar-refractivity contribution in [1.82, 2.24) is 10.6 Å². The van der Waals surface area contributed by atoms with Crippen LogP contribution < -0.4 is 10.6 Å². The molecule has 0 saturated carbocycles. The summed E-state index contributed by atoms with van der Waals surface area (Å²) in [5, 5.41) is 5.41. The minimum absolute atomic E-state index is 0.162. The van der Waals surface area contributed by atoms with Gasteiger partial charge in [0.15, 0.2) is 0 Å². The van der Waals surface area contributed by atoms with E-state index in [2.05, 4.69) is 17.2 Å². The third-order valence-electron chi connectivity index (χ3n) is 2.06. The number of ether oxygens (including phenoxy) is 1. The van der Waals surface area contributed by atoms with Crippen molar-refractivity contribution in [2.75, 3.05) is 6.61 Å². The zero-order valence-electron chi connectivity index (χ0n) is 11.7. The summed E-state index contributed by atoms with van der Waals surface area (Å²) in [5.74, 6) is -0.256. The molecule has 5 heteroatoms. The summed E-state index contributed by atoms with van der Waals surface area (Å²) >= 11 is 0. The lowest BCUT2D eigenvalue weighted by molar-refractivity contribution is -0.117. The molecule has 0 fully saturated rings. The van der Waals surface area contributed by atoms with E-state index in [0.717, 1.165) is 12.8 Å². The highest BCUT2D eigenvalue weighted by atomic mass is 16.5. The van der Waals surface area contributed by atoms with Gasteiger partial charge in [-0.15, -0.1) is 0 Å². The third kappa shape index (κ3) is 8.61. The van der Waals surface area contributed by atoms with Gasteiger partial charge in [0, 0.05) is 5.54 Å². The lowest BCUT2D eigenvalue weighted by Gasteiger charge is -2.22. The Morgan fingerprint density at radius 2 is 2.00 bits per heavy atom. The normalized spacial score (nSPS) is 12.4. The van der Waals surface area contributed by atoms with Gasteiger partial charge >= 0.3 is 6.09 Å². The molecule has 0 aromatic carbocycles. The Hall–Kier alpha value is -1.52. The maximum Gasteiger partial charge on any atom is 0.407 e. The van der Waals surface area contributed by atoms with Gasteiger partial charge in [-0.1, -0.05) is 19.9 Å². The molecule has 0 aliphatic carbocycles. The third-order valence-corrected chi connectivity index (χ3v) is 2.06. The molecule has 104 valence electrons. The number of carbonyl (C=O) groups excluding carboxylic acids is 2.